The van der Waals surface area contributed by atoms with Crippen molar-refractivity contribution in [2.75, 3.05) is 44.2 Å². The smallest absolute Gasteiger partial charge is 0.251 e. The molecule has 1 aromatic rings. The molecule has 1 fully saturated rings. The van der Waals surface area contributed by atoms with E-state index in [1.165, 1.54) is 5.69 Å². The van der Waals surface area contributed by atoms with Crippen molar-refractivity contribution in [1.82, 2.24) is 10.2 Å². The lowest BCUT2D eigenvalue weighted by atomic mass is 10.1. The number of likely N-dealkylation sites (N-methyl/N-ethyl adjacent to an activating group) is 1. The number of carbonyl (C=O) groups is 1. The summed E-state index contributed by atoms with van der Waals surface area (Å²) in [6, 6.07) is 7.91. The maximum absolute atomic E-state index is 11.7. The van der Waals surface area contributed by atoms with Crippen LogP contribution in [0.2, 0.25) is 0 Å². The Labute approximate surface area is 142 Å². The quantitative estimate of drug-likeness (QED) is 0.920. The minimum absolute atomic E-state index is 0.00449. The first kappa shape index (κ1) is 21.4. The maximum atomic E-state index is 11.7. The molecule has 1 N–H and O–H groups in total. The summed E-state index contributed by atoms with van der Waals surface area (Å²) in [5.41, 5.74) is 1.95. The molecule has 0 aliphatic carbocycles. The Balaban J connectivity index is 0.00000112. The molecule has 2 rings (SSSR count). The van der Waals surface area contributed by atoms with E-state index in [1.54, 1.807) is 0 Å². The molecule has 4 nitrogen and oxygen atoms in total. The zero-order valence-electron chi connectivity index (χ0n) is 15.9. The van der Waals surface area contributed by atoms with E-state index >= 15 is 0 Å². The van der Waals surface area contributed by atoms with Gasteiger partial charge in [-0.1, -0.05) is 34.6 Å². The highest BCUT2D eigenvalue weighted by Crippen LogP contribution is 2.17. The van der Waals surface area contributed by atoms with E-state index in [4.69, 9.17) is 0 Å². The van der Waals surface area contributed by atoms with Crippen molar-refractivity contribution in [2.45, 2.75) is 41.5 Å². The van der Waals surface area contributed by atoms with Crippen LogP contribution in [0.3, 0.4) is 0 Å². The van der Waals surface area contributed by atoms with Gasteiger partial charge in [0.05, 0.1) is 0 Å². The minimum atomic E-state index is 0.00449. The number of anilines is 1. The summed E-state index contributed by atoms with van der Waals surface area (Å²) in [6.07, 6.45) is 0. The van der Waals surface area contributed by atoms with Crippen LogP contribution in [-0.2, 0) is 0 Å². The van der Waals surface area contributed by atoms with E-state index in [0.29, 0.717) is 6.54 Å². The average Bonchev–Trinajstić information content (AvgIpc) is 2.65. The molecule has 0 radical (unpaired) electrons. The molecule has 1 aliphatic rings. The maximum Gasteiger partial charge on any atom is 0.251 e. The molecule has 1 heterocycles. The van der Waals surface area contributed by atoms with Gasteiger partial charge in [0.2, 0.25) is 0 Å². The molecular formula is C19H35N3O. The van der Waals surface area contributed by atoms with Crippen LogP contribution in [0, 0.1) is 0 Å². The Morgan fingerprint density at radius 3 is 1.91 bits per heavy atom. The third-order valence-electron chi connectivity index (χ3n) is 3.65. The van der Waals surface area contributed by atoms with Crippen LogP contribution in [0.15, 0.2) is 24.3 Å². The Bertz CT molecular complexity index is 409. The van der Waals surface area contributed by atoms with Crippen molar-refractivity contribution in [2.24, 2.45) is 0 Å². The van der Waals surface area contributed by atoms with E-state index in [2.05, 4.69) is 22.0 Å². The first-order valence-corrected chi connectivity index (χ1v) is 9.10. The van der Waals surface area contributed by atoms with Crippen LogP contribution in [0.4, 0.5) is 5.69 Å². The summed E-state index contributed by atoms with van der Waals surface area (Å²) in [4.78, 5) is 16.5. The fraction of sp³-hybridized carbons (Fsp3) is 0.632. The van der Waals surface area contributed by atoms with E-state index in [0.717, 1.165) is 38.3 Å². The standard InChI is InChI=1S/C15H23N3O.2C2H6/c1-3-16-15(19)13-5-7-14(8-6-13)18-11-9-17(4-2)10-12-18;2*1-2/h5-8H,3-4,9-12H2,1-2H3,(H,16,19);2*1-2H3. The third-order valence-corrected chi connectivity index (χ3v) is 3.65. The average molecular weight is 322 g/mol. The third kappa shape index (κ3) is 7.04. The number of hydrogen-bond donors (Lipinski definition) is 1. The molecule has 4 heteroatoms. The predicted molar refractivity (Wildman–Crippen MR) is 101 cm³/mol. The molecule has 0 bridgehead atoms. The van der Waals surface area contributed by atoms with E-state index in [1.807, 2.05) is 58.9 Å². The van der Waals surface area contributed by atoms with Gasteiger partial charge in [-0.05, 0) is 37.7 Å². The van der Waals surface area contributed by atoms with Crippen LogP contribution in [-0.4, -0.2) is 50.1 Å². The number of piperazine rings is 1. The SMILES string of the molecule is CC.CC.CCNC(=O)c1ccc(N2CCN(CC)CC2)cc1. The van der Waals surface area contributed by atoms with Crippen LogP contribution in [0.25, 0.3) is 0 Å². The van der Waals surface area contributed by atoms with Gasteiger partial charge in [-0.15, -0.1) is 0 Å². The Kier molecular flexibility index (Phi) is 12.1. The summed E-state index contributed by atoms with van der Waals surface area (Å²) in [7, 11) is 0. The molecule has 0 atom stereocenters. The van der Waals surface area contributed by atoms with E-state index < -0.39 is 0 Å². The van der Waals surface area contributed by atoms with Gasteiger partial charge in [-0.2, -0.15) is 0 Å². The molecule has 0 aromatic heterocycles. The lowest BCUT2D eigenvalue weighted by Crippen LogP contribution is -2.46. The highest BCUT2D eigenvalue weighted by atomic mass is 16.1. The van der Waals surface area contributed by atoms with Crippen LogP contribution in [0.5, 0.6) is 0 Å². The molecule has 132 valence electrons. The Morgan fingerprint density at radius 2 is 1.48 bits per heavy atom. The zero-order chi connectivity index (χ0) is 17.7. The fourth-order valence-electron chi connectivity index (χ4n) is 2.41. The summed E-state index contributed by atoms with van der Waals surface area (Å²) < 4.78 is 0. The van der Waals surface area contributed by atoms with Gasteiger partial charge >= 0.3 is 0 Å². The topological polar surface area (TPSA) is 35.6 Å². The van der Waals surface area contributed by atoms with Crippen LogP contribution < -0.4 is 10.2 Å². The fourth-order valence-corrected chi connectivity index (χ4v) is 2.41. The second-order valence-electron chi connectivity index (χ2n) is 4.83. The van der Waals surface area contributed by atoms with Crippen LogP contribution >= 0.6 is 0 Å². The lowest BCUT2D eigenvalue weighted by Gasteiger charge is -2.35. The number of benzene rings is 1. The largest absolute Gasteiger partial charge is 0.369 e. The Hall–Kier alpha value is -1.55. The highest BCUT2D eigenvalue weighted by Gasteiger charge is 2.15. The number of nitrogens with one attached hydrogen (secondary N) is 1. The van der Waals surface area contributed by atoms with Gasteiger partial charge in [-0.25, -0.2) is 0 Å². The molecule has 1 amide bonds. The van der Waals surface area contributed by atoms with Crippen molar-refractivity contribution in [1.29, 1.82) is 0 Å². The van der Waals surface area contributed by atoms with Crippen molar-refractivity contribution >= 4 is 11.6 Å². The molecule has 1 aliphatic heterocycles. The highest BCUT2D eigenvalue weighted by molar-refractivity contribution is 5.94. The van der Waals surface area contributed by atoms with Crippen molar-refractivity contribution in [3.8, 4) is 0 Å². The number of rotatable bonds is 4. The summed E-state index contributed by atoms with van der Waals surface area (Å²) >= 11 is 0. The number of amides is 1. The molecule has 23 heavy (non-hydrogen) atoms. The molecule has 0 unspecified atom stereocenters. The second-order valence-corrected chi connectivity index (χ2v) is 4.83. The molecule has 1 saturated heterocycles. The monoisotopic (exact) mass is 321 g/mol. The van der Waals surface area contributed by atoms with E-state index in [9.17, 15) is 4.79 Å². The van der Waals surface area contributed by atoms with Crippen molar-refractivity contribution < 1.29 is 4.79 Å². The second kappa shape index (κ2) is 12.9. The molecule has 1 aromatic carbocycles. The number of carbonyl (C=O) groups excluding carboxylic acids is 1. The van der Waals surface area contributed by atoms with Crippen molar-refractivity contribution in [3.05, 3.63) is 29.8 Å². The normalized spacial score (nSPS) is 14.1. The molecule has 0 spiro atoms. The Morgan fingerprint density at radius 1 is 0.957 bits per heavy atom. The van der Waals surface area contributed by atoms with Crippen molar-refractivity contribution in [3.63, 3.8) is 0 Å². The lowest BCUT2D eigenvalue weighted by molar-refractivity contribution is 0.0956. The summed E-state index contributed by atoms with van der Waals surface area (Å²) in [5.74, 6) is 0.00449. The van der Waals surface area contributed by atoms with Crippen LogP contribution in [0.1, 0.15) is 51.9 Å². The molecular weight excluding hydrogens is 286 g/mol. The van der Waals surface area contributed by atoms with Gasteiger partial charge < -0.3 is 15.1 Å². The van der Waals surface area contributed by atoms with Gasteiger partial charge in [0.1, 0.15) is 0 Å². The van der Waals surface area contributed by atoms with E-state index in [-0.39, 0.29) is 5.91 Å². The van der Waals surface area contributed by atoms with Gasteiger partial charge in [0, 0.05) is 44.0 Å². The zero-order valence-corrected chi connectivity index (χ0v) is 15.9. The minimum Gasteiger partial charge on any atom is -0.369 e. The predicted octanol–water partition coefficient (Wildman–Crippen LogP) is 3.63. The van der Waals surface area contributed by atoms with Gasteiger partial charge in [0.25, 0.3) is 5.91 Å². The first-order chi connectivity index (χ1) is 11.2. The van der Waals surface area contributed by atoms with Gasteiger partial charge in [-0.3, -0.25) is 4.79 Å². The summed E-state index contributed by atoms with van der Waals surface area (Å²) in [6.45, 7) is 18.3. The van der Waals surface area contributed by atoms with Gasteiger partial charge in [0.15, 0.2) is 0 Å². The number of nitrogens with zero attached hydrogens (tertiary/aromatic N) is 2. The first-order valence-electron chi connectivity index (χ1n) is 9.10. The molecule has 0 saturated carbocycles. The number of hydrogen-bond acceptors (Lipinski definition) is 3. The summed E-state index contributed by atoms with van der Waals surface area (Å²) in [5, 5.41) is 2.82.